The van der Waals surface area contributed by atoms with Crippen LogP contribution in [0.25, 0.3) is 0 Å². The summed E-state index contributed by atoms with van der Waals surface area (Å²) in [6.45, 7) is 0. The van der Waals surface area contributed by atoms with E-state index in [2.05, 4.69) is 0 Å². The lowest BCUT2D eigenvalue weighted by atomic mass is 10.1. The van der Waals surface area contributed by atoms with Crippen LogP contribution >= 0.6 is 0 Å². The van der Waals surface area contributed by atoms with Gasteiger partial charge in [-0.05, 0) is 6.07 Å². The third-order valence-corrected chi connectivity index (χ3v) is 2.49. The molecular weight excluding hydrogens is 222 g/mol. The van der Waals surface area contributed by atoms with E-state index in [0.717, 1.165) is 11.1 Å². The van der Waals surface area contributed by atoms with Crippen LogP contribution in [-0.2, 0) is 18.9 Å². The van der Waals surface area contributed by atoms with Crippen molar-refractivity contribution in [1.29, 1.82) is 0 Å². The molecule has 17 heavy (non-hydrogen) atoms. The maximum absolute atomic E-state index is 5.95. The second kappa shape index (κ2) is 6.56. The minimum atomic E-state index is -0.465. The Labute approximate surface area is 101 Å². The molecular formula is C12H19NO4. The molecule has 0 amide bonds. The summed E-state index contributed by atoms with van der Waals surface area (Å²) in [5.74, 6) is 0. The highest BCUT2D eigenvalue weighted by Crippen LogP contribution is 2.27. The minimum absolute atomic E-state index is 0.421. The Balaban J connectivity index is 3.00. The molecule has 5 nitrogen and oxygen atoms in total. The standard InChI is InChI=1S/C12H19NO4/c1-14-11(15-2)8-5-6-9(10(13)7-8)12(16-3)17-4/h5-7,11-12H,13H2,1-4H3. The lowest BCUT2D eigenvalue weighted by molar-refractivity contribution is -0.107. The van der Waals surface area contributed by atoms with Gasteiger partial charge >= 0.3 is 0 Å². The van der Waals surface area contributed by atoms with Crippen molar-refractivity contribution in [2.24, 2.45) is 0 Å². The smallest absolute Gasteiger partial charge is 0.185 e. The topological polar surface area (TPSA) is 62.9 Å². The molecule has 96 valence electrons. The number of nitrogen functional groups attached to an aromatic ring is 1. The number of rotatable bonds is 6. The highest BCUT2D eigenvalue weighted by molar-refractivity contribution is 5.50. The van der Waals surface area contributed by atoms with Crippen molar-refractivity contribution in [2.45, 2.75) is 12.6 Å². The van der Waals surface area contributed by atoms with Gasteiger partial charge in [-0.15, -0.1) is 0 Å². The van der Waals surface area contributed by atoms with E-state index in [-0.39, 0.29) is 0 Å². The molecule has 0 aliphatic carbocycles. The first-order valence-electron chi connectivity index (χ1n) is 5.18. The number of nitrogens with two attached hydrogens (primary N) is 1. The molecule has 0 aliphatic rings. The third-order valence-electron chi connectivity index (χ3n) is 2.49. The molecule has 1 aromatic carbocycles. The fourth-order valence-electron chi connectivity index (χ4n) is 1.67. The van der Waals surface area contributed by atoms with Gasteiger partial charge in [0.2, 0.25) is 0 Å². The highest BCUT2D eigenvalue weighted by Gasteiger charge is 2.15. The summed E-state index contributed by atoms with van der Waals surface area (Å²) in [6.07, 6.45) is -0.887. The maximum Gasteiger partial charge on any atom is 0.185 e. The number of anilines is 1. The molecule has 0 unspecified atom stereocenters. The van der Waals surface area contributed by atoms with Gasteiger partial charge in [-0.1, -0.05) is 12.1 Å². The summed E-state index contributed by atoms with van der Waals surface area (Å²) >= 11 is 0. The Morgan fingerprint density at radius 2 is 1.41 bits per heavy atom. The molecule has 0 fully saturated rings. The monoisotopic (exact) mass is 241 g/mol. The van der Waals surface area contributed by atoms with Gasteiger partial charge in [0, 0.05) is 45.3 Å². The molecule has 0 aliphatic heterocycles. The number of hydrogen-bond acceptors (Lipinski definition) is 5. The van der Waals surface area contributed by atoms with E-state index in [4.69, 9.17) is 24.7 Å². The Kier molecular flexibility index (Phi) is 5.37. The van der Waals surface area contributed by atoms with E-state index >= 15 is 0 Å². The van der Waals surface area contributed by atoms with E-state index in [1.54, 1.807) is 34.5 Å². The summed E-state index contributed by atoms with van der Waals surface area (Å²) in [5.41, 5.74) is 8.16. The zero-order valence-corrected chi connectivity index (χ0v) is 10.6. The predicted octanol–water partition coefficient (Wildman–Crippen LogP) is 1.85. The van der Waals surface area contributed by atoms with E-state index in [0.29, 0.717) is 5.69 Å². The van der Waals surface area contributed by atoms with Crippen molar-refractivity contribution in [3.8, 4) is 0 Å². The minimum Gasteiger partial charge on any atom is -0.398 e. The average Bonchev–Trinajstić information content (AvgIpc) is 2.34. The van der Waals surface area contributed by atoms with Gasteiger partial charge in [-0.25, -0.2) is 0 Å². The Bertz CT molecular complexity index is 348. The molecule has 5 heteroatoms. The van der Waals surface area contributed by atoms with Crippen LogP contribution in [0.1, 0.15) is 23.7 Å². The van der Waals surface area contributed by atoms with Crippen LogP contribution in [0.15, 0.2) is 18.2 Å². The molecule has 0 spiro atoms. The van der Waals surface area contributed by atoms with Crippen LogP contribution in [0, 0.1) is 0 Å². The van der Waals surface area contributed by atoms with Crippen LogP contribution < -0.4 is 5.73 Å². The number of benzene rings is 1. The first kappa shape index (κ1) is 13.9. The summed E-state index contributed by atoms with van der Waals surface area (Å²) in [5, 5.41) is 0. The summed E-state index contributed by atoms with van der Waals surface area (Å²) in [4.78, 5) is 0. The van der Waals surface area contributed by atoms with Crippen molar-refractivity contribution in [3.63, 3.8) is 0 Å². The normalized spacial score (nSPS) is 11.4. The number of hydrogen-bond donors (Lipinski definition) is 1. The first-order valence-corrected chi connectivity index (χ1v) is 5.18. The molecule has 0 saturated heterocycles. The van der Waals surface area contributed by atoms with Crippen LogP contribution in [-0.4, -0.2) is 28.4 Å². The maximum atomic E-state index is 5.95. The van der Waals surface area contributed by atoms with Gasteiger partial charge in [0.25, 0.3) is 0 Å². The quantitative estimate of drug-likeness (QED) is 0.608. The van der Waals surface area contributed by atoms with Gasteiger partial charge in [0.15, 0.2) is 12.6 Å². The van der Waals surface area contributed by atoms with Crippen LogP contribution in [0.4, 0.5) is 5.69 Å². The molecule has 0 bridgehead atoms. The fourth-order valence-corrected chi connectivity index (χ4v) is 1.67. The highest BCUT2D eigenvalue weighted by atomic mass is 16.7. The van der Waals surface area contributed by atoms with Crippen molar-refractivity contribution >= 4 is 5.69 Å². The lowest BCUT2D eigenvalue weighted by Crippen LogP contribution is -2.09. The van der Waals surface area contributed by atoms with E-state index in [1.165, 1.54) is 0 Å². The van der Waals surface area contributed by atoms with Gasteiger partial charge in [-0.3, -0.25) is 0 Å². The second-order valence-electron chi connectivity index (χ2n) is 3.50. The second-order valence-corrected chi connectivity index (χ2v) is 3.50. The van der Waals surface area contributed by atoms with E-state index in [1.807, 2.05) is 12.1 Å². The van der Waals surface area contributed by atoms with Gasteiger partial charge in [-0.2, -0.15) is 0 Å². The first-order chi connectivity index (χ1) is 8.17. The lowest BCUT2D eigenvalue weighted by Gasteiger charge is -2.19. The Morgan fingerprint density at radius 3 is 1.82 bits per heavy atom. The number of methoxy groups -OCH3 is 4. The van der Waals surface area contributed by atoms with Crippen LogP contribution in [0.5, 0.6) is 0 Å². The molecule has 1 rings (SSSR count). The van der Waals surface area contributed by atoms with Gasteiger partial charge in [0.05, 0.1) is 0 Å². The Morgan fingerprint density at radius 1 is 0.882 bits per heavy atom. The largest absolute Gasteiger partial charge is 0.398 e. The molecule has 0 atom stereocenters. The van der Waals surface area contributed by atoms with Gasteiger partial charge in [0.1, 0.15) is 0 Å². The average molecular weight is 241 g/mol. The predicted molar refractivity (Wildman–Crippen MR) is 64.4 cm³/mol. The van der Waals surface area contributed by atoms with E-state index < -0.39 is 12.6 Å². The molecule has 0 heterocycles. The van der Waals surface area contributed by atoms with Crippen molar-refractivity contribution in [2.75, 3.05) is 34.2 Å². The number of ether oxygens (including phenoxy) is 4. The third kappa shape index (κ3) is 3.17. The SMILES string of the molecule is COC(OC)c1ccc(C(OC)OC)c(N)c1. The summed E-state index contributed by atoms with van der Waals surface area (Å²) < 4.78 is 20.6. The summed E-state index contributed by atoms with van der Waals surface area (Å²) in [7, 11) is 6.28. The van der Waals surface area contributed by atoms with Crippen molar-refractivity contribution < 1.29 is 18.9 Å². The van der Waals surface area contributed by atoms with E-state index in [9.17, 15) is 0 Å². The Hall–Kier alpha value is -1.14. The van der Waals surface area contributed by atoms with Crippen LogP contribution in [0.3, 0.4) is 0 Å². The van der Waals surface area contributed by atoms with Crippen molar-refractivity contribution in [1.82, 2.24) is 0 Å². The molecule has 0 aromatic heterocycles. The summed E-state index contributed by atoms with van der Waals surface area (Å²) in [6, 6.07) is 5.50. The fraction of sp³-hybridized carbons (Fsp3) is 0.500. The van der Waals surface area contributed by atoms with Crippen molar-refractivity contribution in [3.05, 3.63) is 29.3 Å². The molecule has 2 N–H and O–H groups in total. The zero-order chi connectivity index (χ0) is 12.8. The van der Waals surface area contributed by atoms with Crippen LogP contribution in [0.2, 0.25) is 0 Å². The molecule has 0 saturated carbocycles. The zero-order valence-electron chi connectivity index (χ0n) is 10.6. The van der Waals surface area contributed by atoms with Gasteiger partial charge < -0.3 is 24.7 Å². The molecule has 1 aromatic rings. The molecule has 0 radical (unpaired) electrons.